The van der Waals surface area contributed by atoms with E-state index in [4.69, 9.17) is 21.7 Å². The Morgan fingerprint density at radius 2 is 1.79 bits per heavy atom. The zero-order valence-electron chi connectivity index (χ0n) is 18.9. The van der Waals surface area contributed by atoms with Gasteiger partial charge in [0.15, 0.2) is 11.4 Å². The number of carbonyl (C=O) groups is 1. The highest BCUT2D eigenvalue weighted by atomic mass is 35.5. The number of fused-ring (bicyclic) bond motifs is 1. The smallest absolute Gasteiger partial charge is 0.173 e. The van der Waals surface area contributed by atoms with Gasteiger partial charge in [0, 0.05) is 21.8 Å². The number of ketones is 1. The quantitative estimate of drug-likeness (QED) is 0.155. The largest absolute Gasteiger partial charge is 0.293 e. The molecule has 2 aromatic heterocycles. The van der Waals surface area contributed by atoms with Gasteiger partial charge in [-0.05, 0) is 72.4 Å². The first-order valence-corrected chi connectivity index (χ1v) is 12.7. The Hall–Kier alpha value is -3.15. The zero-order valence-corrected chi connectivity index (χ0v) is 20.5. The van der Waals surface area contributed by atoms with Crippen molar-refractivity contribution < 1.29 is 4.79 Å². The highest BCUT2D eigenvalue weighted by Crippen LogP contribution is 2.34. The first-order valence-electron chi connectivity index (χ1n) is 11.3. The number of benzene rings is 3. The molecule has 0 radical (unpaired) electrons. The van der Waals surface area contributed by atoms with Crippen LogP contribution in [0, 0.1) is 13.8 Å². The number of rotatable bonds is 5. The van der Waals surface area contributed by atoms with Crippen LogP contribution in [0.2, 0.25) is 5.02 Å². The van der Waals surface area contributed by atoms with E-state index < -0.39 is 0 Å². The van der Waals surface area contributed by atoms with Gasteiger partial charge in [-0.1, -0.05) is 65.8 Å². The van der Waals surface area contributed by atoms with E-state index in [0.717, 1.165) is 57.0 Å². The summed E-state index contributed by atoms with van der Waals surface area (Å²) in [5, 5.41) is 8.73. The lowest BCUT2D eigenvalue weighted by Crippen LogP contribution is -2.06. The van der Waals surface area contributed by atoms with Gasteiger partial charge < -0.3 is 0 Å². The molecule has 168 valence electrons. The van der Waals surface area contributed by atoms with Crippen molar-refractivity contribution in [3.63, 3.8) is 0 Å². The molecule has 6 rings (SSSR count). The summed E-state index contributed by atoms with van der Waals surface area (Å²) in [5.74, 6) is 0.469. The van der Waals surface area contributed by atoms with Gasteiger partial charge in [0.2, 0.25) is 0 Å². The van der Waals surface area contributed by atoms with Crippen LogP contribution in [0.1, 0.15) is 32.9 Å². The van der Waals surface area contributed by atoms with E-state index in [1.807, 2.05) is 54.8 Å². The molecule has 0 fully saturated rings. The normalized spacial score (nSPS) is 12.7. The number of hydrogen-bond acceptors (Lipinski definition) is 4. The number of hydrogen-bond donors (Lipinski definition) is 0. The van der Waals surface area contributed by atoms with Crippen molar-refractivity contribution in [3.05, 3.63) is 93.8 Å². The van der Waals surface area contributed by atoms with Crippen LogP contribution >= 0.6 is 23.4 Å². The van der Waals surface area contributed by atoms with Gasteiger partial charge in [-0.25, -0.2) is 9.50 Å². The summed E-state index contributed by atoms with van der Waals surface area (Å²) in [5.41, 5.74) is 8.08. The fourth-order valence-corrected chi connectivity index (χ4v) is 6.04. The maximum atomic E-state index is 13.3. The lowest BCUT2D eigenvalue weighted by atomic mass is 9.98. The Labute approximate surface area is 207 Å². The van der Waals surface area contributed by atoms with Crippen LogP contribution in [0.5, 0.6) is 0 Å². The van der Waals surface area contributed by atoms with E-state index in [0.29, 0.717) is 10.8 Å². The highest BCUT2D eigenvalue weighted by Gasteiger charge is 2.20. The summed E-state index contributed by atoms with van der Waals surface area (Å²) in [6, 6.07) is 20.2. The molecule has 0 unspecified atom stereocenters. The van der Waals surface area contributed by atoms with Gasteiger partial charge in [-0.2, -0.15) is 5.10 Å². The minimum Gasteiger partial charge on any atom is -0.293 e. The lowest BCUT2D eigenvalue weighted by Gasteiger charge is -2.09. The van der Waals surface area contributed by atoms with Crippen molar-refractivity contribution in [1.82, 2.24) is 14.6 Å². The summed E-state index contributed by atoms with van der Waals surface area (Å²) in [4.78, 5) is 18.1. The second-order valence-corrected chi connectivity index (χ2v) is 10.2. The molecule has 5 aromatic rings. The van der Waals surface area contributed by atoms with Crippen LogP contribution in [0.15, 0.2) is 65.7 Å². The van der Waals surface area contributed by atoms with E-state index >= 15 is 0 Å². The average Bonchev–Trinajstić information content (AvgIpc) is 3.40. The topological polar surface area (TPSA) is 47.3 Å². The van der Waals surface area contributed by atoms with Crippen molar-refractivity contribution in [2.75, 3.05) is 5.75 Å². The molecule has 0 spiro atoms. The Morgan fingerprint density at radius 3 is 2.59 bits per heavy atom. The number of aryl methyl sites for hydroxylation is 4. The molecule has 0 bridgehead atoms. The number of thioether (sulfide) groups is 1. The third-order valence-electron chi connectivity index (χ3n) is 6.52. The Balaban J connectivity index is 1.35. The minimum atomic E-state index is 0.130. The van der Waals surface area contributed by atoms with E-state index in [1.165, 1.54) is 28.3 Å². The molecule has 0 saturated carbocycles. The van der Waals surface area contributed by atoms with Crippen molar-refractivity contribution in [3.8, 4) is 11.1 Å². The lowest BCUT2D eigenvalue weighted by molar-refractivity contribution is 0.102. The summed E-state index contributed by atoms with van der Waals surface area (Å²) in [6.45, 7) is 3.96. The Bertz CT molecular complexity index is 1590. The molecule has 4 nitrogen and oxygen atoms in total. The molecular formula is C28H22ClN3OS. The van der Waals surface area contributed by atoms with Crippen molar-refractivity contribution in [2.24, 2.45) is 0 Å². The predicted octanol–water partition coefficient (Wildman–Crippen LogP) is 6.89. The van der Waals surface area contributed by atoms with Crippen LogP contribution in [-0.4, -0.2) is 26.1 Å². The second-order valence-electron chi connectivity index (χ2n) is 8.76. The summed E-state index contributed by atoms with van der Waals surface area (Å²) in [6.07, 6.45) is 2.11. The van der Waals surface area contributed by atoms with Gasteiger partial charge in [0.1, 0.15) is 5.03 Å². The number of halogens is 1. The Kier molecular flexibility index (Phi) is 5.19. The van der Waals surface area contributed by atoms with Gasteiger partial charge in [0.25, 0.3) is 0 Å². The Morgan fingerprint density at radius 1 is 1.03 bits per heavy atom. The van der Waals surface area contributed by atoms with E-state index in [2.05, 4.69) is 24.3 Å². The average molecular weight is 484 g/mol. The SMILES string of the molecule is Cc1cc(SCC(=O)c2ccc3c4c(cccc24)CC3)n2nc(C)c(-c3ccc(Cl)cc3)c2n1. The zero-order chi connectivity index (χ0) is 23.4. The van der Waals surface area contributed by atoms with Gasteiger partial charge in [-0.15, -0.1) is 0 Å². The van der Waals surface area contributed by atoms with Crippen LogP contribution in [0.4, 0.5) is 0 Å². The molecule has 3 aromatic carbocycles. The molecule has 2 heterocycles. The van der Waals surface area contributed by atoms with Crippen molar-refractivity contribution in [2.45, 2.75) is 31.7 Å². The first-order chi connectivity index (χ1) is 16.5. The molecule has 0 atom stereocenters. The molecule has 0 saturated heterocycles. The maximum absolute atomic E-state index is 13.3. The van der Waals surface area contributed by atoms with Crippen LogP contribution < -0.4 is 0 Å². The summed E-state index contributed by atoms with van der Waals surface area (Å²) >= 11 is 7.60. The fourth-order valence-electron chi connectivity index (χ4n) is 4.98. The third-order valence-corrected chi connectivity index (χ3v) is 7.77. The fraction of sp³-hybridized carbons (Fsp3) is 0.179. The molecule has 0 N–H and O–H groups in total. The van der Waals surface area contributed by atoms with E-state index in [1.54, 1.807) is 0 Å². The van der Waals surface area contributed by atoms with E-state index in [9.17, 15) is 4.79 Å². The minimum absolute atomic E-state index is 0.130. The molecule has 0 aliphatic heterocycles. The summed E-state index contributed by atoms with van der Waals surface area (Å²) in [7, 11) is 0. The third kappa shape index (κ3) is 3.51. The number of carbonyl (C=O) groups excluding carboxylic acids is 1. The van der Waals surface area contributed by atoms with Crippen LogP contribution in [0.25, 0.3) is 27.5 Å². The number of nitrogens with zero attached hydrogens (tertiary/aromatic N) is 3. The standard InChI is InChI=1S/C28H22ClN3OS/c1-16-14-25(32-28(30-16)26(17(2)31-32)19-8-11-21(29)12-9-19)34-15-24(33)22-13-10-20-7-6-18-4-3-5-23(22)27(18)20/h3-5,8-14H,6-7,15H2,1-2H3. The predicted molar refractivity (Wildman–Crippen MR) is 139 cm³/mol. The van der Waals surface area contributed by atoms with Crippen molar-refractivity contribution in [1.29, 1.82) is 0 Å². The van der Waals surface area contributed by atoms with Gasteiger partial charge >= 0.3 is 0 Å². The molecule has 0 amide bonds. The number of aromatic nitrogens is 3. The number of Topliss-reactive ketones (excluding diaryl/α,β-unsaturated/α-hetero) is 1. The van der Waals surface area contributed by atoms with Crippen molar-refractivity contribution >= 4 is 45.6 Å². The molecule has 6 heteroatoms. The summed E-state index contributed by atoms with van der Waals surface area (Å²) < 4.78 is 1.86. The molecule has 1 aliphatic carbocycles. The van der Waals surface area contributed by atoms with Gasteiger partial charge in [0.05, 0.1) is 11.4 Å². The first kappa shape index (κ1) is 21.4. The van der Waals surface area contributed by atoms with Gasteiger partial charge in [-0.3, -0.25) is 4.79 Å². The monoisotopic (exact) mass is 483 g/mol. The van der Waals surface area contributed by atoms with Crippen LogP contribution in [-0.2, 0) is 12.8 Å². The molecule has 34 heavy (non-hydrogen) atoms. The maximum Gasteiger partial charge on any atom is 0.173 e. The second kappa shape index (κ2) is 8.26. The van der Waals surface area contributed by atoms with Crippen LogP contribution in [0.3, 0.4) is 0 Å². The molecule has 1 aliphatic rings. The highest BCUT2D eigenvalue weighted by molar-refractivity contribution is 8.00. The molecular weight excluding hydrogens is 462 g/mol. The van der Waals surface area contributed by atoms with E-state index in [-0.39, 0.29) is 5.78 Å².